The molecule has 0 aliphatic carbocycles. The summed E-state index contributed by atoms with van der Waals surface area (Å²) in [6.07, 6.45) is -3.06. The number of rotatable bonds is 6. The molecular weight excluding hydrogens is 425 g/mol. The van der Waals surface area contributed by atoms with Gasteiger partial charge in [0, 0.05) is 17.4 Å². The molecule has 4 rings (SSSR count). The predicted molar refractivity (Wildman–Crippen MR) is 110 cm³/mol. The highest BCUT2D eigenvalue weighted by Crippen LogP contribution is 2.27. The van der Waals surface area contributed by atoms with Gasteiger partial charge in [0.1, 0.15) is 18.0 Å². The van der Waals surface area contributed by atoms with Crippen LogP contribution in [0.2, 0.25) is 0 Å². The number of carbonyl (C=O) groups is 1. The number of nitrogens with zero attached hydrogens (tertiary/aromatic N) is 3. The number of hydrogen-bond acceptors (Lipinski definition) is 5. The van der Waals surface area contributed by atoms with Gasteiger partial charge in [-0.05, 0) is 61.0 Å². The number of carbonyl (C=O) groups excluding carboxylic acids is 1. The second-order valence-electron chi connectivity index (χ2n) is 6.93. The zero-order valence-electron chi connectivity index (χ0n) is 16.8. The number of benzene rings is 2. The molecule has 0 saturated carbocycles. The van der Waals surface area contributed by atoms with Gasteiger partial charge in [-0.15, -0.1) is 13.2 Å². The Morgan fingerprint density at radius 1 is 1.12 bits per heavy atom. The van der Waals surface area contributed by atoms with Crippen LogP contribution in [0.15, 0.2) is 71.4 Å². The minimum absolute atomic E-state index is 0.0253. The van der Waals surface area contributed by atoms with Crippen LogP contribution in [0, 0.1) is 6.92 Å². The molecule has 0 aliphatic rings. The van der Waals surface area contributed by atoms with Crippen molar-refractivity contribution >= 4 is 11.6 Å². The van der Waals surface area contributed by atoms with E-state index in [-0.39, 0.29) is 29.9 Å². The van der Waals surface area contributed by atoms with Crippen LogP contribution in [-0.4, -0.2) is 27.0 Å². The molecule has 0 atom stereocenters. The van der Waals surface area contributed by atoms with Gasteiger partial charge < -0.3 is 19.1 Å². The molecule has 164 valence electrons. The number of aryl methyl sites for hydroxylation is 1. The van der Waals surface area contributed by atoms with E-state index in [0.717, 1.165) is 17.7 Å². The van der Waals surface area contributed by atoms with Gasteiger partial charge in [0.2, 0.25) is 11.7 Å². The number of ether oxygens (including phenoxy) is 1. The Kier molecular flexibility index (Phi) is 5.67. The molecule has 10 heteroatoms. The average Bonchev–Trinajstić information content (AvgIpc) is 3.36. The molecule has 0 spiro atoms. The van der Waals surface area contributed by atoms with E-state index in [1.54, 1.807) is 29.0 Å². The zero-order valence-corrected chi connectivity index (χ0v) is 16.8. The maximum absolute atomic E-state index is 12.4. The highest BCUT2D eigenvalue weighted by molar-refractivity contribution is 5.90. The molecule has 2 heterocycles. The summed E-state index contributed by atoms with van der Waals surface area (Å²) in [6.45, 7) is 1.96. The first kappa shape index (κ1) is 21.2. The van der Waals surface area contributed by atoms with Crippen molar-refractivity contribution in [1.29, 1.82) is 0 Å². The third kappa shape index (κ3) is 5.15. The fourth-order valence-corrected chi connectivity index (χ4v) is 3.07. The van der Waals surface area contributed by atoms with Gasteiger partial charge in [-0.3, -0.25) is 4.79 Å². The number of alkyl halides is 3. The van der Waals surface area contributed by atoms with Crippen LogP contribution in [0.5, 0.6) is 5.75 Å². The molecule has 1 amide bonds. The molecule has 0 saturated heterocycles. The molecule has 0 aliphatic heterocycles. The van der Waals surface area contributed by atoms with E-state index in [1.165, 1.54) is 12.1 Å². The van der Waals surface area contributed by atoms with Crippen LogP contribution in [0.1, 0.15) is 5.56 Å². The summed E-state index contributed by atoms with van der Waals surface area (Å²) in [5, 5.41) is 6.72. The van der Waals surface area contributed by atoms with Crippen LogP contribution in [-0.2, 0) is 11.3 Å². The fraction of sp³-hybridized carbons (Fsp3) is 0.136. The maximum Gasteiger partial charge on any atom is 0.573 e. The van der Waals surface area contributed by atoms with E-state index in [0.29, 0.717) is 16.9 Å². The normalized spacial score (nSPS) is 11.4. The first-order valence-corrected chi connectivity index (χ1v) is 9.49. The number of halogens is 3. The Labute approximate surface area is 180 Å². The van der Waals surface area contributed by atoms with E-state index >= 15 is 0 Å². The molecule has 0 radical (unpaired) electrons. The van der Waals surface area contributed by atoms with E-state index in [9.17, 15) is 18.0 Å². The van der Waals surface area contributed by atoms with Gasteiger partial charge in [-0.25, -0.2) is 0 Å². The first-order chi connectivity index (χ1) is 15.3. The lowest BCUT2D eigenvalue weighted by molar-refractivity contribution is -0.274. The van der Waals surface area contributed by atoms with Crippen molar-refractivity contribution in [1.82, 2.24) is 14.7 Å². The van der Waals surface area contributed by atoms with Gasteiger partial charge in [0.25, 0.3) is 5.89 Å². The molecular formula is C22H17F3N4O3. The van der Waals surface area contributed by atoms with Crippen molar-refractivity contribution in [3.63, 3.8) is 0 Å². The summed E-state index contributed by atoms with van der Waals surface area (Å²) in [6, 6.07) is 16.0. The molecule has 2 aromatic heterocycles. The Morgan fingerprint density at radius 3 is 2.62 bits per heavy atom. The molecule has 2 aromatic carbocycles. The molecule has 32 heavy (non-hydrogen) atoms. The summed E-state index contributed by atoms with van der Waals surface area (Å²) in [7, 11) is 0. The van der Waals surface area contributed by atoms with E-state index in [2.05, 4.69) is 20.2 Å². The highest BCUT2D eigenvalue weighted by Gasteiger charge is 2.31. The average molecular weight is 442 g/mol. The van der Waals surface area contributed by atoms with E-state index in [1.807, 2.05) is 25.1 Å². The van der Waals surface area contributed by atoms with Crippen molar-refractivity contribution in [2.45, 2.75) is 19.8 Å². The number of nitrogens with one attached hydrogen (secondary N) is 1. The molecule has 4 aromatic rings. The quantitative estimate of drug-likeness (QED) is 0.452. The predicted octanol–water partition coefficient (Wildman–Crippen LogP) is 5.05. The van der Waals surface area contributed by atoms with Crippen molar-refractivity contribution in [2.75, 3.05) is 5.32 Å². The highest BCUT2D eigenvalue weighted by atomic mass is 19.4. The SMILES string of the molecule is Cc1cccc(NC(=O)Cn2cccc2-c2nc(-c3ccc(OC(F)(F)F)cc3)no2)c1. The van der Waals surface area contributed by atoms with Gasteiger partial charge in [-0.2, -0.15) is 4.98 Å². The second-order valence-corrected chi connectivity index (χ2v) is 6.93. The minimum Gasteiger partial charge on any atom is -0.406 e. The van der Waals surface area contributed by atoms with Crippen molar-refractivity contribution < 1.29 is 27.2 Å². The molecule has 0 unspecified atom stereocenters. The van der Waals surface area contributed by atoms with E-state index < -0.39 is 6.36 Å². The Morgan fingerprint density at radius 2 is 1.91 bits per heavy atom. The molecule has 1 N–H and O–H groups in total. The monoisotopic (exact) mass is 442 g/mol. The Balaban J connectivity index is 1.47. The lowest BCUT2D eigenvalue weighted by atomic mass is 10.2. The Hall–Kier alpha value is -4.08. The largest absolute Gasteiger partial charge is 0.573 e. The molecule has 0 bridgehead atoms. The van der Waals surface area contributed by atoms with Crippen LogP contribution in [0.25, 0.3) is 23.0 Å². The smallest absolute Gasteiger partial charge is 0.406 e. The number of anilines is 1. The summed E-state index contributed by atoms with van der Waals surface area (Å²) in [5.41, 5.74) is 2.70. The third-order valence-electron chi connectivity index (χ3n) is 4.44. The number of hydrogen-bond donors (Lipinski definition) is 1. The summed E-state index contributed by atoms with van der Waals surface area (Å²) in [5.74, 6) is -0.217. The van der Waals surface area contributed by atoms with Gasteiger partial charge in [0.15, 0.2) is 0 Å². The van der Waals surface area contributed by atoms with Gasteiger partial charge >= 0.3 is 6.36 Å². The molecule has 0 fully saturated rings. The number of aromatic nitrogens is 3. The van der Waals surface area contributed by atoms with Crippen molar-refractivity contribution in [2.24, 2.45) is 0 Å². The summed E-state index contributed by atoms with van der Waals surface area (Å²) >= 11 is 0. The first-order valence-electron chi connectivity index (χ1n) is 9.49. The maximum atomic E-state index is 12.4. The van der Waals surface area contributed by atoms with Crippen LogP contribution >= 0.6 is 0 Å². The lowest BCUT2D eigenvalue weighted by Crippen LogP contribution is -2.18. The van der Waals surface area contributed by atoms with E-state index in [4.69, 9.17) is 4.52 Å². The van der Waals surface area contributed by atoms with Crippen LogP contribution in [0.4, 0.5) is 18.9 Å². The van der Waals surface area contributed by atoms with Gasteiger partial charge in [0.05, 0.1) is 0 Å². The number of amides is 1. The standard InChI is InChI=1S/C22H17F3N4O3/c1-14-4-2-5-16(12-14)26-19(30)13-29-11-3-6-18(29)21-27-20(28-32-21)15-7-9-17(10-8-15)31-22(23,24)25/h2-12H,13H2,1H3,(H,26,30). The van der Waals surface area contributed by atoms with Crippen LogP contribution < -0.4 is 10.1 Å². The topological polar surface area (TPSA) is 82.2 Å². The Bertz CT molecular complexity index is 1230. The second kappa shape index (κ2) is 8.58. The molecule has 7 nitrogen and oxygen atoms in total. The van der Waals surface area contributed by atoms with Crippen LogP contribution in [0.3, 0.4) is 0 Å². The third-order valence-corrected chi connectivity index (χ3v) is 4.44. The van der Waals surface area contributed by atoms with Gasteiger partial charge in [-0.1, -0.05) is 17.3 Å². The lowest BCUT2D eigenvalue weighted by Gasteiger charge is -2.08. The minimum atomic E-state index is -4.77. The fourth-order valence-electron chi connectivity index (χ4n) is 3.07. The van der Waals surface area contributed by atoms with Crippen molar-refractivity contribution in [3.8, 4) is 28.7 Å². The summed E-state index contributed by atoms with van der Waals surface area (Å²) in [4.78, 5) is 16.7. The van der Waals surface area contributed by atoms with Crippen molar-refractivity contribution in [3.05, 3.63) is 72.4 Å². The summed E-state index contributed by atoms with van der Waals surface area (Å²) < 4.78 is 47.7. The zero-order chi connectivity index (χ0) is 22.7.